The minimum Gasteiger partial charge on any atom is -0.256 e. The van der Waals surface area contributed by atoms with Gasteiger partial charge in [0.05, 0.1) is 5.69 Å². The van der Waals surface area contributed by atoms with Gasteiger partial charge in [0.2, 0.25) is 0 Å². The average molecular weight is 440 g/mol. The molecule has 0 saturated heterocycles. The summed E-state index contributed by atoms with van der Waals surface area (Å²) in [7, 11) is 0. The number of hydrogen-bond donors (Lipinski definition) is 0. The maximum atomic E-state index is 5.01. The molecule has 0 N–H and O–H groups in total. The van der Waals surface area contributed by atoms with E-state index in [1.807, 2.05) is 6.20 Å². The second-order valence-corrected chi connectivity index (χ2v) is 10.0. The summed E-state index contributed by atoms with van der Waals surface area (Å²) in [5, 5.41) is 2.51. The van der Waals surface area contributed by atoms with Crippen LogP contribution in [0.25, 0.3) is 44.3 Å². The first kappa shape index (κ1) is 20.9. The van der Waals surface area contributed by atoms with Gasteiger partial charge >= 0.3 is 0 Å². The van der Waals surface area contributed by atoms with Gasteiger partial charge in [-0.05, 0) is 94.3 Å². The summed E-state index contributed by atoms with van der Waals surface area (Å²) in [6, 6.07) is 29.3. The number of nitrogens with zero attached hydrogens (tertiary/aromatic N) is 1. The van der Waals surface area contributed by atoms with E-state index in [4.69, 9.17) is 4.98 Å². The predicted octanol–water partition coefficient (Wildman–Crippen LogP) is 8.88. The lowest BCUT2D eigenvalue weighted by Crippen LogP contribution is -1.97. The Labute approximate surface area is 202 Å². The fourth-order valence-corrected chi connectivity index (χ4v) is 5.41. The van der Waals surface area contributed by atoms with Crippen LogP contribution >= 0.6 is 0 Å². The summed E-state index contributed by atoms with van der Waals surface area (Å²) < 4.78 is 0. The Bertz CT molecular complexity index is 1550. The van der Waals surface area contributed by atoms with Crippen LogP contribution in [0.15, 0.2) is 85.1 Å². The van der Waals surface area contributed by atoms with Crippen LogP contribution in [0, 0.1) is 13.8 Å². The second-order valence-electron chi connectivity index (χ2n) is 10.0. The molecule has 1 heteroatoms. The summed E-state index contributed by atoms with van der Waals surface area (Å²) in [5.41, 5.74) is 14.4. The number of aryl methyl sites for hydroxylation is 2. The van der Waals surface area contributed by atoms with Crippen molar-refractivity contribution in [2.75, 3.05) is 0 Å². The van der Waals surface area contributed by atoms with Crippen LogP contribution in [0.1, 0.15) is 47.6 Å². The predicted molar refractivity (Wildman–Crippen MR) is 144 cm³/mol. The molecule has 6 rings (SSSR count). The molecule has 0 fully saturated rings. The normalized spacial score (nSPS) is 12.3. The lowest BCUT2D eigenvalue weighted by atomic mass is 9.88. The van der Waals surface area contributed by atoms with Gasteiger partial charge in [-0.15, -0.1) is 0 Å². The average Bonchev–Trinajstić information content (AvgIpc) is 3.21. The Balaban J connectivity index is 1.65. The number of aromatic nitrogens is 1. The van der Waals surface area contributed by atoms with Crippen molar-refractivity contribution < 1.29 is 0 Å². The highest BCUT2D eigenvalue weighted by Gasteiger charge is 2.24. The van der Waals surface area contributed by atoms with Crippen molar-refractivity contribution >= 4 is 10.8 Å². The standard InChI is InChI=1S/C33H29N/c1-20(2)25-18-28(23-11-9-21(3)10-12-23)27-13-14-34-33(32(27)19-25)31-16-22(4)15-29-26-8-6-5-7-24(26)17-30(29)31/h5-16,18-20H,17H2,1-4H3. The molecule has 0 radical (unpaired) electrons. The molecule has 4 aromatic carbocycles. The van der Waals surface area contributed by atoms with E-state index in [1.54, 1.807) is 0 Å². The zero-order chi connectivity index (χ0) is 23.4. The number of fused-ring (bicyclic) bond motifs is 4. The van der Waals surface area contributed by atoms with E-state index in [9.17, 15) is 0 Å². The van der Waals surface area contributed by atoms with Crippen molar-refractivity contribution in [3.05, 3.63) is 113 Å². The Morgan fingerprint density at radius 1 is 0.676 bits per heavy atom. The number of hydrogen-bond acceptors (Lipinski definition) is 1. The summed E-state index contributed by atoms with van der Waals surface area (Å²) in [6.07, 6.45) is 2.95. The molecule has 0 bridgehead atoms. The van der Waals surface area contributed by atoms with Crippen molar-refractivity contribution in [3.8, 4) is 33.5 Å². The van der Waals surface area contributed by atoms with Crippen molar-refractivity contribution in [3.63, 3.8) is 0 Å². The molecule has 0 amide bonds. The second kappa shape index (κ2) is 7.95. The van der Waals surface area contributed by atoms with Crippen LogP contribution in [0.4, 0.5) is 0 Å². The third kappa shape index (κ3) is 3.35. The highest BCUT2D eigenvalue weighted by atomic mass is 14.7. The summed E-state index contributed by atoms with van der Waals surface area (Å²) in [5.74, 6) is 0.439. The summed E-state index contributed by atoms with van der Waals surface area (Å²) >= 11 is 0. The monoisotopic (exact) mass is 439 g/mol. The lowest BCUT2D eigenvalue weighted by Gasteiger charge is -2.17. The van der Waals surface area contributed by atoms with E-state index in [1.165, 1.54) is 66.4 Å². The SMILES string of the molecule is Cc1ccc(-c2cc(C(C)C)cc3c(-c4cc(C)cc5c4Cc4ccccc4-5)nccc23)cc1. The zero-order valence-electron chi connectivity index (χ0n) is 20.3. The quantitative estimate of drug-likeness (QED) is 0.268. The first-order chi connectivity index (χ1) is 16.5. The fourth-order valence-electron chi connectivity index (χ4n) is 5.41. The van der Waals surface area contributed by atoms with Gasteiger partial charge in [0, 0.05) is 17.1 Å². The van der Waals surface area contributed by atoms with Crippen LogP contribution in [-0.2, 0) is 6.42 Å². The molecule has 0 atom stereocenters. The lowest BCUT2D eigenvalue weighted by molar-refractivity contribution is 0.869. The van der Waals surface area contributed by atoms with E-state index in [2.05, 4.69) is 107 Å². The van der Waals surface area contributed by atoms with E-state index in [0.717, 1.165) is 12.1 Å². The molecule has 1 nitrogen and oxygen atoms in total. The topological polar surface area (TPSA) is 12.9 Å². The van der Waals surface area contributed by atoms with Gasteiger partial charge in [-0.2, -0.15) is 0 Å². The summed E-state index contributed by atoms with van der Waals surface area (Å²) in [4.78, 5) is 5.01. The van der Waals surface area contributed by atoms with Gasteiger partial charge in [-0.3, -0.25) is 4.98 Å². The molecule has 1 aliphatic rings. The zero-order valence-corrected chi connectivity index (χ0v) is 20.3. The molecular formula is C33H29N. The Hall–Kier alpha value is -3.71. The number of rotatable bonds is 3. The van der Waals surface area contributed by atoms with Crippen molar-refractivity contribution in [2.45, 2.75) is 40.0 Å². The highest BCUT2D eigenvalue weighted by Crippen LogP contribution is 2.44. The van der Waals surface area contributed by atoms with Gasteiger partial charge < -0.3 is 0 Å². The van der Waals surface area contributed by atoms with Crippen LogP contribution in [0.3, 0.4) is 0 Å². The smallest absolute Gasteiger partial charge is 0.0783 e. The molecule has 5 aromatic rings. The maximum absolute atomic E-state index is 5.01. The third-order valence-electron chi connectivity index (χ3n) is 7.26. The molecule has 166 valence electrons. The van der Waals surface area contributed by atoms with Gasteiger partial charge in [0.25, 0.3) is 0 Å². The van der Waals surface area contributed by atoms with Gasteiger partial charge in [0.1, 0.15) is 0 Å². The van der Waals surface area contributed by atoms with Crippen LogP contribution in [-0.4, -0.2) is 4.98 Å². The molecule has 0 unspecified atom stereocenters. The molecule has 1 heterocycles. The maximum Gasteiger partial charge on any atom is 0.0783 e. The Morgan fingerprint density at radius 2 is 1.44 bits per heavy atom. The first-order valence-electron chi connectivity index (χ1n) is 12.2. The largest absolute Gasteiger partial charge is 0.256 e. The third-order valence-corrected chi connectivity index (χ3v) is 7.26. The van der Waals surface area contributed by atoms with Crippen molar-refractivity contribution in [1.29, 1.82) is 0 Å². The van der Waals surface area contributed by atoms with Gasteiger partial charge in [-0.1, -0.05) is 80.1 Å². The van der Waals surface area contributed by atoms with Crippen molar-refractivity contribution in [1.82, 2.24) is 4.98 Å². The number of pyridine rings is 1. The highest BCUT2D eigenvalue weighted by molar-refractivity contribution is 6.05. The van der Waals surface area contributed by atoms with Gasteiger partial charge in [0.15, 0.2) is 0 Å². The van der Waals surface area contributed by atoms with Crippen LogP contribution < -0.4 is 0 Å². The number of benzene rings is 4. The molecule has 0 saturated carbocycles. The molecule has 1 aliphatic carbocycles. The Morgan fingerprint density at radius 3 is 2.24 bits per heavy atom. The van der Waals surface area contributed by atoms with E-state index in [-0.39, 0.29) is 0 Å². The molecular weight excluding hydrogens is 410 g/mol. The van der Waals surface area contributed by atoms with E-state index in [0.29, 0.717) is 5.92 Å². The van der Waals surface area contributed by atoms with Gasteiger partial charge in [-0.25, -0.2) is 0 Å². The van der Waals surface area contributed by atoms with Crippen LogP contribution in [0.5, 0.6) is 0 Å². The van der Waals surface area contributed by atoms with Crippen LogP contribution in [0.2, 0.25) is 0 Å². The van der Waals surface area contributed by atoms with E-state index >= 15 is 0 Å². The fraction of sp³-hybridized carbons (Fsp3) is 0.182. The van der Waals surface area contributed by atoms with Crippen molar-refractivity contribution in [2.24, 2.45) is 0 Å². The van der Waals surface area contributed by atoms with E-state index < -0.39 is 0 Å². The summed E-state index contributed by atoms with van der Waals surface area (Å²) in [6.45, 7) is 8.90. The molecule has 1 aromatic heterocycles. The minimum atomic E-state index is 0.439. The first-order valence-corrected chi connectivity index (χ1v) is 12.2. The molecule has 34 heavy (non-hydrogen) atoms. The Kier molecular flexibility index (Phi) is 4.88. The molecule has 0 aliphatic heterocycles. The molecule has 0 spiro atoms. The minimum absolute atomic E-state index is 0.439.